The van der Waals surface area contributed by atoms with E-state index in [0.717, 1.165) is 11.0 Å². The first kappa shape index (κ1) is 13.2. The van der Waals surface area contributed by atoms with Crippen LogP contribution in [0, 0.1) is 0 Å². The summed E-state index contributed by atoms with van der Waals surface area (Å²) in [5, 5.41) is 0. The second-order valence-electron chi connectivity index (χ2n) is 3.75. The van der Waals surface area contributed by atoms with Gasteiger partial charge in [-0.05, 0) is 12.1 Å². The predicted molar refractivity (Wildman–Crippen MR) is 73.5 cm³/mol. The average Bonchev–Trinajstić information content (AvgIpc) is 2.81. The maximum absolute atomic E-state index is 12.3. The molecule has 18 heavy (non-hydrogen) atoms. The summed E-state index contributed by atoms with van der Waals surface area (Å²) in [6, 6.07) is 7.34. The number of fused-ring (bicyclic) bond motifs is 1. The number of imidazole rings is 1. The first-order chi connectivity index (χ1) is 8.77. The summed E-state index contributed by atoms with van der Waals surface area (Å²) >= 11 is 11.4. The van der Waals surface area contributed by atoms with Crippen LogP contribution in [0.3, 0.4) is 0 Å². The Hall–Kier alpha value is -1.26. The zero-order valence-electron chi connectivity index (χ0n) is 9.72. The number of amides is 1. The number of rotatable bonds is 4. The molecule has 96 valence electrons. The highest BCUT2D eigenvalue weighted by Crippen LogP contribution is 2.13. The van der Waals surface area contributed by atoms with Gasteiger partial charge in [-0.25, -0.2) is 9.78 Å². The van der Waals surface area contributed by atoms with E-state index in [2.05, 4.69) is 4.98 Å². The molecule has 2 aromatic rings. The Balaban J connectivity index is 2.31. The molecule has 0 saturated heterocycles. The highest BCUT2D eigenvalue weighted by Gasteiger charge is 2.16. The Morgan fingerprint density at radius 2 is 1.89 bits per heavy atom. The number of nitrogens with zero attached hydrogens (tertiary/aromatic N) is 3. The number of para-hydroxylation sites is 2. The molecule has 0 saturated carbocycles. The minimum Gasteiger partial charge on any atom is -0.322 e. The molecule has 1 heterocycles. The summed E-state index contributed by atoms with van der Waals surface area (Å²) in [4.78, 5) is 18.1. The molecular formula is C12H13Cl2N3O. The van der Waals surface area contributed by atoms with Crippen molar-refractivity contribution in [2.75, 3.05) is 24.8 Å². The molecule has 0 fully saturated rings. The molecule has 0 bridgehead atoms. The minimum atomic E-state index is -0.148. The zero-order chi connectivity index (χ0) is 13.0. The molecule has 4 nitrogen and oxygen atoms in total. The van der Waals surface area contributed by atoms with Crippen LogP contribution < -0.4 is 0 Å². The molecule has 0 aliphatic rings. The van der Waals surface area contributed by atoms with E-state index in [0.29, 0.717) is 24.8 Å². The Kier molecular flexibility index (Phi) is 4.44. The standard InChI is InChI=1S/C12H13Cl2N3O/c13-5-7-16(8-6-14)12(18)17-9-15-10-3-1-2-4-11(10)17/h1-4,9H,5-8H2. The normalized spacial score (nSPS) is 10.8. The Morgan fingerprint density at radius 1 is 1.22 bits per heavy atom. The molecule has 0 radical (unpaired) electrons. The second kappa shape index (κ2) is 6.07. The molecule has 2 rings (SSSR count). The number of aromatic nitrogens is 2. The van der Waals surface area contributed by atoms with Gasteiger partial charge in [0.2, 0.25) is 0 Å². The largest absolute Gasteiger partial charge is 0.329 e. The van der Waals surface area contributed by atoms with Crippen molar-refractivity contribution in [1.29, 1.82) is 0 Å². The topological polar surface area (TPSA) is 38.1 Å². The van der Waals surface area contributed by atoms with Gasteiger partial charge in [-0.15, -0.1) is 23.2 Å². The Bertz CT molecular complexity index is 535. The summed E-state index contributed by atoms with van der Waals surface area (Å²) in [5.41, 5.74) is 1.58. The van der Waals surface area contributed by atoms with Crippen molar-refractivity contribution >= 4 is 40.3 Å². The monoisotopic (exact) mass is 285 g/mol. The van der Waals surface area contributed by atoms with Crippen LogP contribution in [0.1, 0.15) is 0 Å². The van der Waals surface area contributed by atoms with E-state index >= 15 is 0 Å². The fraction of sp³-hybridized carbons (Fsp3) is 0.333. The fourth-order valence-corrected chi connectivity index (χ4v) is 2.18. The van der Waals surface area contributed by atoms with Crippen molar-refractivity contribution in [3.63, 3.8) is 0 Å². The van der Waals surface area contributed by atoms with Gasteiger partial charge in [0.05, 0.1) is 11.0 Å². The lowest BCUT2D eigenvalue weighted by Crippen LogP contribution is -2.37. The van der Waals surface area contributed by atoms with E-state index in [9.17, 15) is 4.79 Å². The SMILES string of the molecule is O=C(N(CCCl)CCCl)n1cnc2ccccc21. The molecule has 6 heteroatoms. The number of carbonyl (C=O) groups is 1. The molecule has 1 amide bonds. The molecule has 0 spiro atoms. The summed E-state index contributed by atoms with van der Waals surface area (Å²) in [7, 11) is 0. The number of hydrogen-bond donors (Lipinski definition) is 0. The van der Waals surface area contributed by atoms with E-state index < -0.39 is 0 Å². The molecule has 0 unspecified atom stereocenters. The van der Waals surface area contributed by atoms with Gasteiger partial charge in [0.15, 0.2) is 0 Å². The number of benzene rings is 1. The fourth-order valence-electron chi connectivity index (χ4n) is 1.77. The third-order valence-corrected chi connectivity index (χ3v) is 2.98. The van der Waals surface area contributed by atoms with Gasteiger partial charge in [0.25, 0.3) is 0 Å². The number of carbonyl (C=O) groups excluding carboxylic acids is 1. The third-order valence-electron chi connectivity index (χ3n) is 2.64. The summed E-state index contributed by atoms with van der Waals surface area (Å²) in [6.45, 7) is 0.944. The first-order valence-corrected chi connectivity index (χ1v) is 6.68. The maximum Gasteiger partial charge on any atom is 0.329 e. The van der Waals surface area contributed by atoms with Crippen molar-refractivity contribution in [2.45, 2.75) is 0 Å². The van der Waals surface area contributed by atoms with Crippen molar-refractivity contribution in [3.05, 3.63) is 30.6 Å². The molecule has 1 aromatic heterocycles. The van der Waals surface area contributed by atoms with Crippen LogP contribution in [0.5, 0.6) is 0 Å². The highest BCUT2D eigenvalue weighted by atomic mass is 35.5. The molecular weight excluding hydrogens is 273 g/mol. The van der Waals surface area contributed by atoms with Crippen LogP contribution in [-0.2, 0) is 0 Å². The van der Waals surface area contributed by atoms with E-state index in [1.54, 1.807) is 4.90 Å². The van der Waals surface area contributed by atoms with Crippen LogP contribution >= 0.6 is 23.2 Å². The van der Waals surface area contributed by atoms with E-state index in [1.165, 1.54) is 10.9 Å². The van der Waals surface area contributed by atoms with Gasteiger partial charge >= 0.3 is 6.03 Å². The molecule has 0 aliphatic carbocycles. The van der Waals surface area contributed by atoms with Crippen molar-refractivity contribution < 1.29 is 4.79 Å². The molecule has 0 aliphatic heterocycles. The highest BCUT2D eigenvalue weighted by molar-refractivity contribution is 6.18. The van der Waals surface area contributed by atoms with Gasteiger partial charge in [-0.1, -0.05) is 12.1 Å². The summed E-state index contributed by atoms with van der Waals surface area (Å²) in [5.74, 6) is 0.768. The number of halogens is 2. The Morgan fingerprint density at radius 3 is 2.56 bits per heavy atom. The lowest BCUT2D eigenvalue weighted by molar-refractivity contribution is 0.206. The van der Waals surface area contributed by atoms with Crippen molar-refractivity contribution in [2.24, 2.45) is 0 Å². The smallest absolute Gasteiger partial charge is 0.322 e. The van der Waals surface area contributed by atoms with Crippen LogP contribution in [0.25, 0.3) is 11.0 Å². The average molecular weight is 286 g/mol. The second-order valence-corrected chi connectivity index (χ2v) is 4.51. The lowest BCUT2D eigenvalue weighted by Gasteiger charge is -2.20. The van der Waals surface area contributed by atoms with E-state index in [4.69, 9.17) is 23.2 Å². The van der Waals surface area contributed by atoms with Crippen LogP contribution in [0.2, 0.25) is 0 Å². The maximum atomic E-state index is 12.3. The van der Waals surface area contributed by atoms with Crippen molar-refractivity contribution in [3.8, 4) is 0 Å². The molecule has 0 N–H and O–H groups in total. The lowest BCUT2D eigenvalue weighted by atomic mass is 10.3. The zero-order valence-corrected chi connectivity index (χ0v) is 11.2. The summed E-state index contributed by atoms with van der Waals surface area (Å²) < 4.78 is 1.52. The minimum absolute atomic E-state index is 0.148. The van der Waals surface area contributed by atoms with Gasteiger partial charge in [0.1, 0.15) is 6.33 Å². The van der Waals surface area contributed by atoms with Crippen LogP contribution in [0.4, 0.5) is 4.79 Å². The van der Waals surface area contributed by atoms with Crippen LogP contribution in [-0.4, -0.2) is 45.3 Å². The quantitative estimate of drug-likeness (QED) is 0.811. The van der Waals surface area contributed by atoms with E-state index in [-0.39, 0.29) is 6.03 Å². The molecule has 1 aromatic carbocycles. The predicted octanol–water partition coefficient (Wildman–Crippen LogP) is 2.78. The van der Waals surface area contributed by atoms with Gasteiger partial charge in [-0.3, -0.25) is 4.57 Å². The number of alkyl halides is 2. The van der Waals surface area contributed by atoms with Crippen molar-refractivity contribution in [1.82, 2.24) is 14.5 Å². The van der Waals surface area contributed by atoms with E-state index in [1.807, 2.05) is 24.3 Å². The van der Waals surface area contributed by atoms with Crippen LogP contribution in [0.15, 0.2) is 30.6 Å². The first-order valence-electron chi connectivity index (χ1n) is 5.61. The van der Waals surface area contributed by atoms with Gasteiger partial charge < -0.3 is 4.90 Å². The summed E-state index contributed by atoms with van der Waals surface area (Å²) in [6.07, 6.45) is 1.53. The third kappa shape index (κ3) is 2.60. The Labute approximate surface area is 115 Å². The van der Waals surface area contributed by atoms with Gasteiger partial charge in [0, 0.05) is 24.8 Å². The molecule has 0 atom stereocenters. The number of hydrogen-bond acceptors (Lipinski definition) is 2. The van der Waals surface area contributed by atoms with Gasteiger partial charge in [-0.2, -0.15) is 0 Å².